The summed E-state index contributed by atoms with van der Waals surface area (Å²) in [5.74, 6) is 0. The zero-order valence-corrected chi connectivity index (χ0v) is 11.6. The van der Waals surface area contributed by atoms with Crippen LogP contribution in [0.15, 0.2) is 24.3 Å². The Hall–Kier alpha value is 0.711. The van der Waals surface area contributed by atoms with E-state index in [9.17, 15) is 12.9 Å². The monoisotopic (exact) mass is 226 g/mol. The van der Waals surface area contributed by atoms with Gasteiger partial charge in [-0.1, -0.05) is 48.1 Å². The second-order valence-corrected chi connectivity index (χ2v) is 3.23. The van der Waals surface area contributed by atoms with Gasteiger partial charge in [0.2, 0.25) is 0 Å². The molecule has 0 amide bonds. The number of hydrogen-bond acceptors (Lipinski definition) is 0. The molecule has 0 aliphatic carbocycles. The van der Waals surface area contributed by atoms with Crippen molar-refractivity contribution in [3.63, 3.8) is 0 Å². The summed E-state index contributed by atoms with van der Waals surface area (Å²) in [5.41, 5.74) is 1.83. The second-order valence-electron chi connectivity index (χ2n) is 3.23. The second kappa shape index (κ2) is 6.33. The predicted molar refractivity (Wildman–Crippen MR) is 48.8 cm³/mol. The zero-order valence-electron chi connectivity index (χ0n) is 8.43. The molecule has 0 bridgehead atoms. The van der Waals surface area contributed by atoms with Crippen LogP contribution in [0.3, 0.4) is 0 Å². The smallest absolute Gasteiger partial charge is 0.449 e. The summed E-state index contributed by atoms with van der Waals surface area (Å²) in [6.07, 6.45) is -0.577. The van der Waals surface area contributed by atoms with Crippen LogP contribution >= 0.6 is 0 Å². The summed E-state index contributed by atoms with van der Waals surface area (Å²) in [6.45, 7) is -2.72. The van der Waals surface area contributed by atoms with Gasteiger partial charge in [-0.05, 0) is 6.92 Å². The van der Waals surface area contributed by atoms with Gasteiger partial charge in [0.1, 0.15) is 0 Å². The molecule has 5 heteroatoms. The Morgan fingerprint density at radius 1 is 1.07 bits per heavy atom. The van der Waals surface area contributed by atoms with Crippen molar-refractivity contribution < 1.29 is 64.3 Å². The molecule has 0 saturated heterocycles. The van der Waals surface area contributed by atoms with E-state index in [0.717, 1.165) is 11.1 Å². The third kappa shape index (κ3) is 6.24. The summed E-state index contributed by atoms with van der Waals surface area (Å²) in [6, 6.07) is 7.16. The van der Waals surface area contributed by atoms with E-state index in [4.69, 9.17) is 0 Å². The van der Waals surface area contributed by atoms with Crippen LogP contribution in [0.2, 0.25) is 6.32 Å². The maximum absolute atomic E-state index is 11.9. The fourth-order valence-corrected chi connectivity index (χ4v) is 1.09. The van der Waals surface area contributed by atoms with Gasteiger partial charge in [-0.2, -0.15) is 0 Å². The quantitative estimate of drug-likeness (QED) is 0.654. The molecule has 0 aliphatic rings. The van der Waals surface area contributed by atoms with Crippen LogP contribution in [0.25, 0.3) is 0 Å². The van der Waals surface area contributed by atoms with Crippen LogP contribution in [0.5, 0.6) is 0 Å². The summed E-state index contributed by atoms with van der Waals surface area (Å²) in [5, 5.41) is 0. The van der Waals surface area contributed by atoms with E-state index in [-0.39, 0.29) is 57.8 Å². The van der Waals surface area contributed by atoms with E-state index in [2.05, 4.69) is 0 Å². The number of hydrogen-bond donors (Lipinski definition) is 0. The van der Waals surface area contributed by atoms with Crippen LogP contribution in [-0.2, 0) is 6.42 Å². The van der Waals surface area contributed by atoms with Gasteiger partial charge in [0, 0.05) is 0 Å². The molecule has 0 fully saturated rings. The fourth-order valence-electron chi connectivity index (χ4n) is 1.09. The van der Waals surface area contributed by atoms with Gasteiger partial charge in [-0.15, -0.1) is 0 Å². The molecule has 0 atom stereocenters. The Labute approximate surface area is 125 Å². The normalized spacial score (nSPS) is 10.9. The van der Waals surface area contributed by atoms with Crippen LogP contribution in [-0.4, -0.2) is 6.98 Å². The summed E-state index contributed by atoms with van der Waals surface area (Å²) in [4.78, 5) is 0. The molecule has 1 aromatic rings. The minimum Gasteiger partial charge on any atom is -0.449 e. The van der Waals surface area contributed by atoms with Gasteiger partial charge in [-0.3, -0.25) is 0 Å². The molecule has 1 aromatic carbocycles. The van der Waals surface area contributed by atoms with Crippen LogP contribution < -0.4 is 51.4 Å². The van der Waals surface area contributed by atoms with E-state index in [1.165, 1.54) is 0 Å². The zero-order chi connectivity index (χ0) is 9.90. The summed E-state index contributed by atoms with van der Waals surface area (Å²) in [7, 11) is 0. The van der Waals surface area contributed by atoms with Crippen molar-refractivity contribution in [3.8, 4) is 0 Å². The molecule has 0 unspecified atom stereocenters. The molecule has 14 heavy (non-hydrogen) atoms. The van der Waals surface area contributed by atoms with Gasteiger partial charge in [0.05, 0.1) is 0 Å². The van der Waals surface area contributed by atoms with Gasteiger partial charge in [0.25, 0.3) is 0 Å². The van der Waals surface area contributed by atoms with E-state index >= 15 is 0 Å². The number of halogens is 3. The molecule has 0 N–H and O–H groups in total. The van der Waals surface area contributed by atoms with E-state index in [0.29, 0.717) is 0 Å². The molecule has 0 aliphatic heterocycles. The third-order valence-electron chi connectivity index (χ3n) is 1.88. The Bertz CT molecular complexity index is 268. The van der Waals surface area contributed by atoms with Gasteiger partial charge in [-0.25, -0.2) is 0 Å². The number of aryl methyl sites for hydroxylation is 2. The van der Waals surface area contributed by atoms with Gasteiger partial charge in [0.15, 0.2) is 0 Å². The third-order valence-corrected chi connectivity index (χ3v) is 1.88. The number of rotatable bonds is 3. The first kappa shape index (κ1) is 14.7. The van der Waals surface area contributed by atoms with Crippen molar-refractivity contribution in [1.29, 1.82) is 0 Å². The average molecular weight is 226 g/mol. The van der Waals surface area contributed by atoms with Crippen molar-refractivity contribution in [1.82, 2.24) is 0 Å². The minimum absolute atomic E-state index is 0. The largest absolute Gasteiger partial charge is 1.00 e. The maximum Gasteiger partial charge on any atom is 1.00 e. The molecular formula is C9H11BF3K. The SMILES string of the molecule is Cc1ccc(CC[B-](F)(F)F)cc1.[K+]. The van der Waals surface area contributed by atoms with Gasteiger partial charge >= 0.3 is 58.4 Å². The Morgan fingerprint density at radius 3 is 2.00 bits per heavy atom. The molecule has 0 spiro atoms. The van der Waals surface area contributed by atoms with E-state index < -0.39 is 13.3 Å². The Kier molecular flexibility index (Phi) is 6.65. The van der Waals surface area contributed by atoms with E-state index in [1.807, 2.05) is 19.1 Å². The molecule has 0 radical (unpaired) electrons. The topological polar surface area (TPSA) is 0 Å². The minimum atomic E-state index is -4.64. The molecule has 0 heterocycles. The molecule has 0 aromatic heterocycles. The standard InChI is InChI=1S/C9H11BF3.K/c1-8-2-4-9(5-3-8)6-7-10(11,12)13;/h2-5H,6-7H2,1H3;/q-1;+1. The maximum atomic E-state index is 11.9. The van der Waals surface area contributed by atoms with Crippen molar-refractivity contribution >= 4 is 6.98 Å². The molecule has 1 rings (SSSR count). The molecule has 0 saturated carbocycles. The van der Waals surface area contributed by atoms with Crippen LogP contribution in [0.4, 0.5) is 12.9 Å². The van der Waals surface area contributed by atoms with Crippen molar-refractivity contribution in [2.24, 2.45) is 0 Å². The average Bonchev–Trinajstić information content (AvgIpc) is 2.02. The summed E-state index contributed by atoms with van der Waals surface area (Å²) >= 11 is 0. The van der Waals surface area contributed by atoms with Crippen molar-refractivity contribution in [2.75, 3.05) is 0 Å². The first-order valence-electron chi connectivity index (χ1n) is 4.24. The van der Waals surface area contributed by atoms with Gasteiger partial charge < -0.3 is 12.9 Å². The van der Waals surface area contributed by atoms with Crippen LogP contribution in [0, 0.1) is 6.92 Å². The Balaban J connectivity index is 0.00000169. The molecular weight excluding hydrogens is 215 g/mol. The first-order chi connectivity index (χ1) is 5.97. The Morgan fingerprint density at radius 2 is 1.57 bits per heavy atom. The van der Waals surface area contributed by atoms with E-state index in [1.54, 1.807) is 12.1 Å². The molecule has 0 nitrogen and oxygen atoms in total. The summed E-state index contributed by atoms with van der Waals surface area (Å²) < 4.78 is 35.6. The fraction of sp³-hybridized carbons (Fsp3) is 0.333. The van der Waals surface area contributed by atoms with Crippen LogP contribution in [0.1, 0.15) is 11.1 Å². The predicted octanol–water partition coefficient (Wildman–Crippen LogP) is 0.389. The van der Waals surface area contributed by atoms with Crippen molar-refractivity contribution in [2.45, 2.75) is 19.7 Å². The molecule has 72 valence electrons. The van der Waals surface area contributed by atoms with Crippen molar-refractivity contribution in [3.05, 3.63) is 35.4 Å². The first-order valence-corrected chi connectivity index (χ1v) is 4.24. The number of benzene rings is 1.